The van der Waals surface area contributed by atoms with Gasteiger partial charge in [-0.2, -0.15) is 0 Å². The van der Waals surface area contributed by atoms with Crippen LogP contribution in [-0.2, 0) is 5.41 Å². The smallest absolute Gasteiger partial charge is 0.159 e. The fourth-order valence-corrected chi connectivity index (χ4v) is 8.35. The summed E-state index contributed by atoms with van der Waals surface area (Å²) in [5, 5.41) is 6.23. The van der Waals surface area contributed by atoms with Crippen LogP contribution < -0.4 is 5.32 Å². The Morgan fingerprint density at radius 2 is 1.23 bits per heavy atom. The molecule has 7 aromatic carbocycles. The lowest BCUT2D eigenvalue weighted by Crippen LogP contribution is -2.33. The standard InChI is InChI=1S/C48H36N4/c1-48(2)41-22-11-9-20-37(41)39-28-29-40-38-21-10-12-23-42(38)52(44(40)43(39)48)36-26-24-33(25-27-36)46-49-45(32-16-7-4-8-17-32)50-47(51-46)35-19-13-18-34(30-35)31-14-5-3-6-15-31/h3-30,46H,1-2H3,(H,49,50,51). The topological polar surface area (TPSA) is 41.7 Å². The van der Waals surface area contributed by atoms with Crippen molar-refractivity contribution in [3.05, 3.63) is 198 Å². The van der Waals surface area contributed by atoms with E-state index in [1.165, 1.54) is 49.6 Å². The van der Waals surface area contributed by atoms with Gasteiger partial charge in [0.15, 0.2) is 5.84 Å². The second kappa shape index (κ2) is 11.8. The number of fused-ring (bicyclic) bond motifs is 7. The zero-order chi connectivity index (χ0) is 34.8. The van der Waals surface area contributed by atoms with Crippen LogP contribution in [0.1, 0.15) is 47.8 Å². The molecule has 2 aliphatic rings. The highest BCUT2D eigenvalue weighted by atomic mass is 15.2. The molecule has 248 valence electrons. The maximum atomic E-state index is 5.17. The lowest BCUT2D eigenvalue weighted by Gasteiger charge is -2.25. The number of aliphatic imine (C=N–C) groups is 2. The molecule has 1 atom stereocenters. The maximum absolute atomic E-state index is 5.17. The van der Waals surface area contributed by atoms with Gasteiger partial charge in [0.05, 0.1) is 11.0 Å². The molecule has 1 unspecified atom stereocenters. The van der Waals surface area contributed by atoms with E-state index in [0.29, 0.717) is 5.84 Å². The van der Waals surface area contributed by atoms with Crippen LogP contribution in [0, 0.1) is 0 Å². The van der Waals surface area contributed by atoms with E-state index in [2.05, 4.69) is 169 Å². The molecule has 52 heavy (non-hydrogen) atoms. The van der Waals surface area contributed by atoms with Gasteiger partial charge in [0.2, 0.25) is 0 Å². The molecule has 1 aliphatic carbocycles. The predicted octanol–water partition coefficient (Wildman–Crippen LogP) is 11.3. The van der Waals surface area contributed by atoms with E-state index in [0.717, 1.165) is 33.8 Å². The summed E-state index contributed by atoms with van der Waals surface area (Å²) in [6.45, 7) is 4.74. The van der Waals surface area contributed by atoms with Crippen LogP contribution in [0.3, 0.4) is 0 Å². The average Bonchev–Trinajstić information content (AvgIpc) is 3.67. The fraction of sp³-hybridized carbons (Fsp3) is 0.0833. The van der Waals surface area contributed by atoms with Gasteiger partial charge >= 0.3 is 0 Å². The van der Waals surface area contributed by atoms with Gasteiger partial charge < -0.3 is 9.88 Å². The van der Waals surface area contributed by atoms with Crippen molar-refractivity contribution in [2.75, 3.05) is 0 Å². The van der Waals surface area contributed by atoms with E-state index in [1.807, 2.05) is 24.3 Å². The molecule has 1 aliphatic heterocycles. The monoisotopic (exact) mass is 668 g/mol. The molecule has 8 aromatic rings. The van der Waals surface area contributed by atoms with Crippen molar-refractivity contribution in [1.29, 1.82) is 0 Å². The highest BCUT2D eigenvalue weighted by Crippen LogP contribution is 2.52. The minimum Gasteiger partial charge on any atom is -0.344 e. The lowest BCUT2D eigenvalue weighted by molar-refractivity contribution is 0.664. The van der Waals surface area contributed by atoms with E-state index in [-0.39, 0.29) is 11.6 Å². The molecule has 0 saturated carbocycles. The Hall–Kier alpha value is -6.52. The molecule has 0 spiro atoms. The first-order valence-electron chi connectivity index (χ1n) is 18.0. The molecule has 10 rings (SSSR count). The summed E-state index contributed by atoms with van der Waals surface area (Å²) in [6.07, 6.45) is -0.312. The Bertz CT molecular complexity index is 2720. The highest BCUT2D eigenvalue weighted by molar-refractivity contribution is 6.14. The van der Waals surface area contributed by atoms with Crippen LogP contribution in [0.5, 0.6) is 0 Å². The van der Waals surface area contributed by atoms with E-state index >= 15 is 0 Å². The molecule has 0 radical (unpaired) electrons. The molecule has 1 aromatic heterocycles. The predicted molar refractivity (Wildman–Crippen MR) is 216 cm³/mol. The van der Waals surface area contributed by atoms with Crippen molar-refractivity contribution in [2.45, 2.75) is 25.4 Å². The molecule has 1 N–H and O–H groups in total. The minimum atomic E-state index is -0.312. The minimum absolute atomic E-state index is 0.139. The first kappa shape index (κ1) is 30.3. The van der Waals surface area contributed by atoms with Gasteiger partial charge in [0.1, 0.15) is 12.0 Å². The van der Waals surface area contributed by atoms with Crippen molar-refractivity contribution >= 4 is 33.5 Å². The number of aromatic nitrogens is 1. The SMILES string of the molecule is CC1(C)c2ccccc2-c2ccc3c4ccccc4n(-c4ccc(C5N=C(c6ccccc6)N=C(c6cccc(-c7ccccc7)c6)N5)cc4)c3c21. The Morgan fingerprint density at radius 3 is 2.04 bits per heavy atom. The Labute approximate surface area is 303 Å². The molecule has 0 fully saturated rings. The first-order chi connectivity index (χ1) is 25.5. The summed E-state index contributed by atoms with van der Waals surface area (Å²) >= 11 is 0. The van der Waals surface area contributed by atoms with Gasteiger partial charge in [-0.15, -0.1) is 0 Å². The lowest BCUT2D eigenvalue weighted by atomic mass is 9.81. The average molecular weight is 669 g/mol. The summed E-state index contributed by atoms with van der Waals surface area (Å²) in [4.78, 5) is 10.2. The largest absolute Gasteiger partial charge is 0.344 e. The molecule has 0 amide bonds. The summed E-state index contributed by atoms with van der Waals surface area (Å²) in [5.74, 6) is 1.52. The number of hydrogen-bond donors (Lipinski definition) is 1. The van der Waals surface area contributed by atoms with Crippen LogP contribution in [0.25, 0.3) is 49.7 Å². The van der Waals surface area contributed by atoms with Gasteiger partial charge in [0.25, 0.3) is 0 Å². The second-order valence-corrected chi connectivity index (χ2v) is 14.3. The van der Waals surface area contributed by atoms with Crippen molar-refractivity contribution in [3.63, 3.8) is 0 Å². The van der Waals surface area contributed by atoms with E-state index in [1.54, 1.807) is 0 Å². The third-order valence-corrected chi connectivity index (χ3v) is 10.8. The quantitative estimate of drug-likeness (QED) is 0.195. The number of para-hydroxylation sites is 1. The summed E-state index contributed by atoms with van der Waals surface area (Å²) in [6, 6.07) is 60.5. The van der Waals surface area contributed by atoms with Crippen LogP contribution in [-0.4, -0.2) is 16.2 Å². The summed E-state index contributed by atoms with van der Waals surface area (Å²) in [5.41, 5.74) is 14.3. The van der Waals surface area contributed by atoms with Gasteiger partial charge in [-0.3, -0.25) is 0 Å². The number of nitrogens with zero attached hydrogens (tertiary/aromatic N) is 3. The number of nitrogens with one attached hydrogen (secondary N) is 1. The normalized spacial score (nSPS) is 15.8. The zero-order valence-corrected chi connectivity index (χ0v) is 29.1. The zero-order valence-electron chi connectivity index (χ0n) is 29.1. The van der Waals surface area contributed by atoms with Crippen molar-refractivity contribution in [3.8, 4) is 27.9 Å². The Morgan fingerprint density at radius 1 is 0.558 bits per heavy atom. The maximum Gasteiger partial charge on any atom is 0.159 e. The molecular formula is C48H36N4. The van der Waals surface area contributed by atoms with E-state index < -0.39 is 0 Å². The van der Waals surface area contributed by atoms with Crippen molar-refractivity contribution in [2.24, 2.45) is 9.98 Å². The molecule has 4 heteroatoms. The molecule has 2 heterocycles. The molecular weight excluding hydrogens is 633 g/mol. The van der Waals surface area contributed by atoms with Crippen LogP contribution >= 0.6 is 0 Å². The van der Waals surface area contributed by atoms with Crippen LogP contribution in [0.2, 0.25) is 0 Å². The summed E-state index contributed by atoms with van der Waals surface area (Å²) < 4.78 is 2.47. The molecule has 0 saturated heterocycles. The number of benzene rings is 7. The fourth-order valence-electron chi connectivity index (χ4n) is 8.35. The van der Waals surface area contributed by atoms with Crippen molar-refractivity contribution < 1.29 is 0 Å². The highest BCUT2D eigenvalue weighted by Gasteiger charge is 2.38. The first-order valence-corrected chi connectivity index (χ1v) is 18.0. The number of rotatable bonds is 5. The van der Waals surface area contributed by atoms with Gasteiger partial charge in [-0.1, -0.05) is 159 Å². The molecule has 4 nitrogen and oxygen atoms in total. The van der Waals surface area contributed by atoms with E-state index in [9.17, 15) is 0 Å². The van der Waals surface area contributed by atoms with Crippen LogP contribution in [0.15, 0.2) is 180 Å². The molecule has 0 bridgehead atoms. The van der Waals surface area contributed by atoms with E-state index in [4.69, 9.17) is 9.98 Å². The van der Waals surface area contributed by atoms with Gasteiger partial charge in [0, 0.05) is 33.0 Å². The number of amidine groups is 2. The van der Waals surface area contributed by atoms with Crippen LogP contribution in [0.4, 0.5) is 0 Å². The number of hydrogen-bond acceptors (Lipinski definition) is 3. The third-order valence-electron chi connectivity index (χ3n) is 10.8. The Kier molecular flexibility index (Phi) is 6.87. The summed E-state index contributed by atoms with van der Waals surface area (Å²) in [7, 11) is 0. The Balaban J connectivity index is 1.08. The second-order valence-electron chi connectivity index (χ2n) is 14.3. The van der Waals surface area contributed by atoms with Gasteiger partial charge in [-0.25, -0.2) is 9.98 Å². The third kappa shape index (κ3) is 4.75. The van der Waals surface area contributed by atoms with Crippen molar-refractivity contribution in [1.82, 2.24) is 9.88 Å². The van der Waals surface area contributed by atoms with Gasteiger partial charge in [-0.05, 0) is 63.2 Å².